The maximum absolute atomic E-state index is 11.9. The average Bonchev–Trinajstić information content (AvgIpc) is 2.53. The Balaban J connectivity index is 1.92. The van der Waals surface area contributed by atoms with Gasteiger partial charge in [-0.25, -0.2) is 4.79 Å². The zero-order valence-electron chi connectivity index (χ0n) is 12.9. The molecule has 6 heteroatoms. The van der Waals surface area contributed by atoms with Crippen molar-refractivity contribution in [1.29, 1.82) is 0 Å². The molecule has 2 aromatic rings. The molecule has 0 unspecified atom stereocenters. The summed E-state index contributed by atoms with van der Waals surface area (Å²) in [6.45, 7) is 0.142. The fraction of sp³-hybridized carbons (Fsp3) is 0.222. The second-order valence-electron chi connectivity index (χ2n) is 5.33. The lowest BCUT2D eigenvalue weighted by molar-refractivity contribution is -0.137. The summed E-state index contributed by atoms with van der Waals surface area (Å²) in [6.07, 6.45) is -0.390. The second kappa shape index (κ2) is 9.08. The van der Waals surface area contributed by atoms with E-state index in [-0.39, 0.29) is 13.0 Å². The van der Waals surface area contributed by atoms with E-state index in [1.165, 1.54) is 0 Å². The highest BCUT2D eigenvalue weighted by atomic mass is 79.9. The van der Waals surface area contributed by atoms with Crippen LogP contribution in [-0.4, -0.2) is 23.2 Å². The number of carboxylic acid groups (broad SMARTS) is 1. The molecule has 2 rings (SSSR count). The fourth-order valence-electron chi connectivity index (χ4n) is 2.26. The van der Waals surface area contributed by atoms with Crippen LogP contribution in [0.5, 0.6) is 0 Å². The number of carbonyl (C=O) groups is 2. The van der Waals surface area contributed by atoms with Gasteiger partial charge in [0.2, 0.25) is 0 Å². The zero-order valence-corrected chi connectivity index (χ0v) is 14.5. The molecule has 1 amide bonds. The van der Waals surface area contributed by atoms with Crippen molar-refractivity contribution in [2.75, 3.05) is 0 Å². The highest BCUT2D eigenvalue weighted by Crippen LogP contribution is 2.14. The maximum Gasteiger partial charge on any atom is 0.407 e. The minimum absolute atomic E-state index is 0.142. The molecule has 0 radical (unpaired) electrons. The Kier molecular flexibility index (Phi) is 6.81. The van der Waals surface area contributed by atoms with E-state index in [4.69, 9.17) is 9.84 Å². The molecule has 24 heavy (non-hydrogen) atoms. The molecule has 0 saturated heterocycles. The third-order valence-electron chi connectivity index (χ3n) is 3.33. The van der Waals surface area contributed by atoms with Crippen LogP contribution in [0.2, 0.25) is 0 Å². The lowest BCUT2D eigenvalue weighted by Crippen LogP contribution is -2.38. The van der Waals surface area contributed by atoms with Crippen LogP contribution in [0.1, 0.15) is 17.5 Å². The van der Waals surface area contributed by atoms with Crippen molar-refractivity contribution in [3.8, 4) is 0 Å². The first-order valence-corrected chi connectivity index (χ1v) is 8.25. The molecule has 0 bridgehead atoms. The van der Waals surface area contributed by atoms with Crippen LogP contribution in [0, 0.1) is 0 Å². The number of carbonyl (C=O) groups excluding carboxylic acids is 1. The summed E-state index contributed by atoms with van der Waals surface area (Å²) in [6, 6.07) is 16.3. The minimum Gasteiger partial charge on any atom is -0.481 e. The van der Waals surface area contributed by atoms with Gasteiger partial charge in [-0.05, 0) is 29.7 Å². The van der Waals surface area contributed by atoms with Crippen LogP contribution in [0.3, 0.4) is 0 Å². The van der Waals surface area contributed by atoms with E-state index in [0.717, 1.165) is 15.6 Å². The highest BCUT2D eigenvalue weighted by Gasteiger charge is 2.17. The number of halogens is 1. The third-order valence-corrected chi connectivity index (χ3v) is 3.82. The Bertz CT molecular complexity index is 690. The number of hydrogen-bond donors (Lipinski definition) is 2. The number of benzene rings is 2. The molecule has 1 atom stereocenters. The third kappa shape index (κ3) is 6.42. The number of carboxylic acids is 1. The van der Waals surface area contributed by atoms with Crippen molar-refractivity contribution in [2.45, 2.75) is 25.5 Å². The van der Waals surface area contributed by atoms with E-state index < -0.39 is 18.1 Å². The van der Waals surface area contributed by atoms with Crippen molar-refractivity contribution in [3.05, 3.63) is 70.2 Å². The molecule has 0 fully saturated rings. The SMILES string of the molecule is O=C(O)C[C@@H](Cc1cccc(Br)c1)NC(=O)OCc1ccccc1. The molecule has 2 aromatic carbocycles. The summed E-state index contributed by atoms with van der Waals surface area (Å²) in [5.74, 6) is -0.974. The maximum atomic E-state index is 11.9. The van der Waals surface area contributed by atoms with Gasteiger partial charge in [0, 0.05) is 10.5 Å². The summed E-state index contributed by atoms with van der Waals surface area (Å²) in [7, 11) is 0. The molecule has 126 valence electrons. The van der Waals surface area contributed by atoms with Crippen LogP contribution < -0.4 is 5.32 Å². The predicted octanol–water partition coefficient (Wildman–Crippen LogP) is 3.76. The van der Waals surface area contributed by atoms with Gasteiger partial charge in [-0.3, -0.25) is 4.79 Å². The molecular weight excluding hydrogens is 374 g/mol. The Morgan fingerprint density at radius 1 is 1.08 bits per heavy atom. The summed E-state index contributed by atoms with van der Waals surface area (Å²) < 4.78 is 6.05. The fourth-order valence-corrected chi connectivity index (χ4v) is 2.71. The normalized spacial score (nSPS) is 11.5. The smallest absolute Gasteiger partial charge is 0.407 e. The summed E-state index contributed by atoms with van der Waals surface area (Å²) in [5.41, 5.74) is 1.80. The van der Waals surface area contributed by atoms with Crippen molar-refractivity contribution < 1.29 is 19.4 Å². The first kappa shape index (κ1) is 18.0. The number of alkyl carbamates (subject to hydrolysis) is 1. The standard InChI is InChI=1S/C18H18BrNO4/c19-15-8-4-7-14(9-15)10-16(11-17(21)22)20-18(23)24-12-13-5-2-1-3-6-13/h1-9,16H,10-12H2,(H,20,23)(H,21,22)/t16-/m1/s1. The minimum atomic E-state index is -0.974. The van der Waals surface area contributed by atoms with Gasteiger partial charge in [-0.1, -0.05) is 58.4 Å². The molecule has 0 aliphatic rings. The van der Waals surface area contributed by atoms with Crippen LogP contribution in [0.15, 0.2) is 59.1 Å². The first-order chi connectivity index (χ1) is 11.5. The number of rotatable bonds is 7. The predicted molar refractivity (Wildman–Crippen MR) is 93.6 cm³/mol. The number of amides is 1. The van der Waals surface area contributed by atoms with Crippen LogP contribution in [0.4, 0.5) is 4.79 Å². The van der Waals surface area contributed by atoms with Crippen molar-refractivity contribution >= 4 is 28.0 Å². The van der Waals surface area contributed by atoms with E-state index in [1.54, 1.807) is 0 Å². The molecular formula is C18H18BrNO4. The number of hydrogen-bond acceptors (Lipinski definition) is 3. The number of aliphatic carboxylic acids is 1. The Morgan fingerprint density at radius 2 is 1.79 bits per heavy atom. The van der Waals surface area contributed by atoms with Gasteiger partial charge in [0.1, 0.15) is 6.61 Å². The molecule has 0 aliphatic carbocycles. The van der Waals surface area contributed by atoms with E-state index in [9.17, 15) is 9.59 Å². The second-order valence-corrected chi connectivity index (χ2v) is 6.25. The molecule has 0 heterocycles. The lowest BCUT2D eigenvalue weighted by Gasteiger charge is -2.17. The first-order valence-electron chi connectivity index (χ1n) is 7.46. The van der Waals surface area contributed by atoms with Gasteiger partial charge in [0.05, 0.1) is 6.42 Å². The molecule has 0 saturated carbocycles. The van der Waals surface area contributed by atoms with Gasteiger partial charge in [-0.2, -0.15) is 0 Å². The topological polar surface area (TPSA) is 75.6 Å². The summed E-state index contributed by atoms with van der Waals surface area (Å²) in [5, 5.41) is 11.7. The molecule has 5 nitrogen and oxygen atoms in total. The van der Waals surface area contributed by atoms with Crippen molar-refractivity contribution in [2.24, 2.45) is 0 Å². The van der Waals surface area contributed by atoms with E-state index in [1.807, 2.05) is 54.6 Å². The molecule has 0 aliphatic heterocycles. The van der Waals surface area contributed by atoms with Crippen molar-refractivity contribution in [3.63, 3.8) is 0 Å². The van der Waals surface area contributed by atoms with Gasteiger partial charge in [0.15, 0.2) is 0 Å². The van der Waals surface area contributed by atoms with Gasteiger partial charge in [-0.15, -0.1) is 0 Å². The molecule has 0 spiro atoms. The lowest BCUT2D eigenvalue weighted by atomic mass is 10.0. The zero-order chi connectivity index (χ0) is 17.4. The monoisotopic (exact) mass is 391 g/mol. The Hall–Kier alpha value is -2.34. The summed E-state index contributed by atoms with van der Waals surface area (Å²) in [4.78, 5) is 23.0. The number of nitrogens with one attached hydrogen (secondary N) is 1. The van der Waals surface area contributed by atoms with Gasteiger partial charge in [0.25, 0.3) is 0 Å². The van der Waals surface area contributed by atoms with Gasteiger partial charge >= 0.3 is 12.1 Å². The van der Waals surface area contributed by atoms with Gasteiger partial charge < -0.3 is 15.2 Å². The van der Waals surface area contributed by atoms with Crippen molar-refractivity contribution in [1.82, 2.24) is 5.32 Å². The van der Waals surface area contributed by atoms with Crippen LogP contribution in [-0.2, 0) is 22.6 Å². The van der Waals surface area contributed by atoms with Crippen LogP contribution in [0.25, 0.3) is 0 Å². The molecule has 0 aromatic heterocycles. The largest absolute Gasteiger partial charge is 0.481 e. The van der Waals surface area contributed by atoms with E-state index >= 15 is 0 Å². The molecule has 2 N–H and O–H groups in total. The van der Waals surface area contributed by atoms with E-state index in [2.05, 4.69) is 21.2 Å². The van der Waals surface area contributed by atoms with E-state index in [0.29, 0.717) is 6.42 Å². The average molecular weight is 392 g/mol. The summed E-state index contributed by atoms with van der Waals surface area (Å²) >= 11 is 3.38. The highest BCUT2D eigenvalue weighted by molar-refractivity contribution is 9.10. The van der Waals surface area contributed by atoms with Crippen LogP contribution >= 0.6 is 15.9 Å². The Morgan fingerprint density at radius 3 is 2.46 bits per heavy atom. The number of ether oxygens (including phenoxy) is 1. The Labute approximate surface area is 148 Å². The quantitative estimate of drug-likeness (QED) is 0.753.